The van der Waals surface area contributed by atoms with Crippen molar-refractivity contribution in [1.29, 1.82) is 0 Å². The Morgan fingerprint density at radius 1 is 1.21 bits per heavy atom. The van der Waals surface area contributed by atoms with Crippen LogP contribution in [0.5, 0.6) is 0 Å². The Balaban J connectivity index is 2.02. The molecule has 0 aliphatic carbocycles. The lowest BCUT2D eigenvalue weighted by molar-refractivity contribution is 0.605. The average Bonchev–Trinajstić information content (AvgIpc) is 2.58. The third-order valence-electron chi connectivity index (χ3n) is 2.31. The normalized spacial score (nSPS) is 10.7. The predicted octanol–water partition coefficient (Wildman–Crippen LogP) is 2.15. The quantitative estimate of drug-likeness (QED) is 0.677. The van der Waals surface area contributed by atoms with E-state index in [-0.39, 0.29) is 0 Å². The Hall–Kier alpha value is -0.380. The molecule has 1 aromatic rings. The molecule has 80 valence electrons. The van der Waals surface area contributed by atoms with Gasteiger partial charge in [0.15, 0.2) is 0 Å². The van der Waals surface area contributed by atoms with Gasteiger partial charge >= 0.3 is 0 Å². The zero-order valence-corrected chi connectivity index (χ0v) is 9.91. The van der Waals surface area contributed by atoms with Gasteiger partial charge in [-0.05, 0) is 61.8 Å². The van der Waals surface area contributed by atoms with E-state index in [0.717, 1.165) is 19.6 Å². The number of hydrogen-bond donors (Lipinski definition) is 2. The second-order valence-corrected chi connectivity index (χ2v) is 4.31. The molecule has 14 heavy (non-hydrogen) atoms. The molecular formula is C11H20N2S. The summed E-state index contributed by atoms with van der Waals surface area (Å²) in [5, 5.41) is 11.1. The molecule has 0 radical (unpaired) electrons. The molecule has 0 amide bonds. The molecule has 0 bridgehead atoms. The van der Waals surface area contributed by atoms with Crippen molar-refractivity contribution >= 4 is 11.3 Å². The second-order valence-electron chi connectivity index (χ2n) is 3.57. The van der Waals surface area contributed by atoms with Gasteiger partial charge in [-0.15, -0.1) is 0 Å². The first-order valence-corrected chi connectivity index (χ1v) is 6.16. The molecule has 3 heteroatoms. The van der Waals surface area contributed by atoms with Gasteiger partial charge in [0.25, 0.3) is 0 Å². The smallest absolute Gasteiger partial charge is 0.0216 e. The minimum absolute atomic E-state index is 1.02. The molecule has 0 aliphatic heterocycles. The van der Waals surface area contributed by atoms with Gasteiger partial charge in [-0.25, -0.2) is 0 Å². The zero-order valence-electron chi connectivity index (χ0n) is 9.10. The maximum absolute atomic E-state index is 3.47. The lowest BCUT2D eigenvalue weighted by atomic mass is 10.2. The van der Waals surface area contributed by atoms with E-state index in [2.05, 4.69) is 28.3 Å². The van der Waals surface area contributed by atoms with E-state index in [1.54, 1.807) is 11.3 Å². The molecule has 1 heterocycles. The lowest BCUT2D eigenvalue weighted by Gasteiger charge is -2.04. The van der Waals surface area contributed by atoms with Crippen molar-refractivity contribution < 1.29 is 0 Å². The zero-order chi connectivity index (χ0) is 10.2. The Morgan fingerprint density at radius 3 is 2.64 bits per heavy atom. The molecule has 0 unspecified atom stereocenters. The molecule has 0 fully saturated rings. The molecule has 0 saturated heterocycles. The van der Waals surface area contributed by atoms with E-state index in [1.165, 1.54) is 24.0 Å². The number of unbranched alkanes of at least 4 members (excludes halogenated alkanes) is 1. The van der Waals surface area contributed by atoms with Gasteiger partial charge in [0.1, 0.15) is 0 Å². The minimum Gasteiger partial charge on any atom is -0.320 e. The van der Waals surface area contributed by atoms with Gasteiger partial charge in [-0.2, -0.15) is 11.3 Å². The van der Waals surface area contributed by atoms with Crippen LogP contribution in [0.2, 0.25) is 0 Å². The van der Waals surface area contributed by atoms with Crippen LogP contribution in [0.3, 0.4) is 0 Å². The van der Waals surface area contributed by atoms with Crippen LogP contribution in [0.25, 0.3) is 0 Å². The SMILES string of the molecule is CNCCCCNCc1cscc1C. The molecular weight excluding hydrogens is 192 g/mol. The molecule has 2 nitrogen and oxygen atoms in total. The summed E-state index contributed by atoms with van der Waals surface area (Å²) in [7, 11) is 2.00. The third kappa shape index (κ3) is 4.22. The van der Waals surface area contributed by atoms with Gasteiger partial charge < -0.3 is 10.6 Å². The number of hydrogen-bond acceptors (Lipinski definition) is 3. The van der Waals surface area contributed by atoms with E-state index >= 15 is 0 Å². The molecule has 0 aromatic carbocycles. The molecule has 0 spiro atoms. The number of thiophene rings is 1. The highest BCUT2D eigenvalue weighted by Gasteiger charge is 1.97. The van der Waals surface area contributed by atoms with Crippen LogP contribution in [0, 0.1) is 6.92 Å². The number of rotatable bonds is 7. The maximum atomic E-state index is 3.47. The monoisotopic (exact) mass is 212 g/mol. The topological polar surface area (TPSA) is 24.1 Å². The Bertz CT molecular complexity index is 245. The van der Waals surface area contributed by atoms with E-state index in [1.807, 2.05) is 7.05 Å². The summed E-state index contributed by atoms with van der Waals surface area (Å²) in [5.41, 5.74) is 2.86. The summed E-state index contributed by atoms with van der Waals surface area (Å²) in [6.45, 7) is 5.44. The minimum atomic E-state index is 1.02. The Morgan fingerprint density at radius 2 is 2.00 bits per heavy atom. The van der Waals surface area contributed by atoms with Gasteiger partial charge in [0.2, 0.25) is 0 Å². The van der Waals surface area contributed by atoms with E-state index in [0.29, 0.717) is 0 Å². The highest BCUT2D eigenvalue weighted by atomic mass is 32.1. The van der Waals surface area contributed by atoms with Gasteiger partial charge in [0.05, 0.1) is 0 Å². The fourth-order valence-electron chi connectivity index (χ4n) is 1.34. The van der Waals surface area contributed by atoms with Crippen molar-refractivity contribution in [2.24, 2.45) is 0 Å². The van der Waals surface area contributed by atoms with Crippen molar-refractivity contribution in [1.82, 2.24) is 10.6 Å². The summed E-state index contributed by atoms with van der Waals surface area (Å²) >= 11 is 1.79. The lowest BCUT2D eigenvalue weighted by Crippen LogP contribution is -2.16. The van der Waals surface area contributed by atoms with Crippen molar-refractivity contribution in [3.63, 3.8) is 0 Å². The first kappa shape index (κ1) is 11.7. The summed E-state index contributed by atoms with van der Waals surface area (Å²) in [6.07, 6.45) is 2.51. The van der Waals surface area contributed by atoms with Crippen molar-refractivity contribution in [2.45, 2.75) is 26.3 Å². The first-order valence-electron chi connectivity index (χ1n) is 5.21. The first-order chi connectivity index (χ1) is 6.84. The molecule has 1 rings (SSSR count). The Labute approximate surface area is 90.7 Å². The summed E-state index contributed by atoms with van der Waals surface area (Å²) in [4.78, 5) is 0. The van der Waals surface area contributed by atoms with Crippen LogP contribution in [0.1, 0.15) is 24.0 Å². The van der Waals surface area contributed by atoms with Crippen molar-refractivity contribution in [3.05, 3.63) is 21.9 Å². The number of aryl methyl sites for hydroxylation is 1. The van der Waals surface area contributed by atoms with Crippen LogP contribution >= 0.6 is 11.3 Å². The Kier molecular flexibility index (Phi) is 5.83. The molecule has 0 saturated carbocycles. The fourth-order valence-corrected chi connectivity index (χ4v) is 2.20. The molecule has 1 aromatic heterocycles. The largest absolute Gasteiger partial charge is 0.320 e. The summed E-state index contributed by atoms with van der Waals surface area (Å²) in [6, 6.07) is 0. The van der Waals surface area contributed by atoms with Crippen molar-refractivity contribution in [3.8, 4) is 0 Å². The van der Waals surface area contributed by atoms with Crippen LogP contribution in [-0.2, 0) is 6.54 Å². The summed E-state index contributed by atoms with van der Waals surface area (Å²) < 4.78 is 0. The van der Waals surface area contributed by atoms with Crippen LogP contribution in [-0.4, -0.2) is 20.1 Å². The van der Waals surface area contributed by atoms with Gasteiger partial charge in [-0.1, -0.05) is 0 Å². The highest BCUT2D eigenvalue weighted by molar-refractivity contribution is 7.08. The average molecular weight is 212 g/mol. The van der Waals surface area contributed by atoms with E-state index in [9.17, 15) is 0 Å². The second kappa shape index (κ2) is 6.98. The molecule has 0 atom stereocenters. The molecule has 0 aliphatic rings. The summed E-state index contributed by atoms with van der Waals surface area (Å²) in [5.74, 6) is 0. The third-order valence-corrected chi connectivity index (χ3v) is 3.22. The van der Waals surface area contributed by atoms with Crippen LogP contribution in [0.15, 0.2) is 10.8 Å². The van der Waals surface area contributed by atoms with Gasteiger partial charge in [-0.3, -0.25) is 0 Å². The standard InChI is InChI=1S/C11H20N2S/c1-10-8-14-9-11(10)7-13-6-4-3-5-12-2/h8-9,12-13H,3-7H2,1-2H3. The highest BCUT2D eigenvalue weighted by Crippen LogP contribution is 2.12. The fraction of sp³-hybridized carbons (Fsp3) is 0.636. The number of nitrogens with one attached hydrogen (secondary N) is 2. The molecule has 2 N–H and O–H groups in total. The maximum Gasteiger partial charge on any atom is 0.0216 e. The van der Waals surface area contributed by atoms with Crippen molar-refractivity contribution in [2.75, 3.05) is 20.1 Å². The van der Waals surface area contributed by atoms with Crippen LogP contribution in [0.4, 0.5) is 0 Å². The predicted molar refractivity (Wildman–Crippen MR) is 63.9 cm³/mol. The van der Waals surface area contributed by atoms with E-state index in [4.69, 9.17) is 0 Å². The van der Waals surface area contributed by atoms with Gasteiger partial charge in [0, 0.05) is 6.54 Å². The van der Waals surface area contributed by atoms with E-state index < -0.39 is 0 Å². The van der Waals surface area contributed by atoms with Crippen LogP contribution < -0.4 is 10.6 Å².